The summed E-state index contributed by atoms with van der Waals surface area (Å²) in [7, 11) is 1.37. The van der Waals surface area contributed by atoms with Crippen molar-refractivity contribution in [1.29, 1.82) is 5.26 Å². The molecule has 7 nitrogen and oxygen atoms in total. The van der Waals surface area contributed by atoms with E-state index in [2.05, 4.69) is 10.1 Å². The summed E-state index contributed by atoms with van der Waals surface area (Å²) >= 11 is 0. The molecule has 0 spiro atoms. The van der Waals surface area contributed by atoms with Crippen LogP contribution in [0.3, 0.4) is 0 Å². The Kier molecular flexibility index (Phi) is 4.66. The molecule has 2 aromatic heterocycles. The first-order chi connectivity index (χ1) is 15.4. The second kappa shape index (κ2) is 7.41. The van der Waals surface area contributed by atoms with E-state index in [1.165, 1.54) is 36.2 Å². The van der Waals surface area contributed by atoms with Crippen LogP contribution in [0.4, 0.5) is 8.78 Å². The van der Waals surface area contributed by atoms with Gasteiger partial charge in [-0.1, -0.05) is 6.07 Å². The van der Waals surface area contributed by atoms with Crippen LogP contribution >= 0.6 is 0 Å². The molecule has 1 amide bonds. The molecule has 5 rings (SSSR count). The summed E-state index contributed by atoms with van der Waals surface area (Å²) in [6.07, 6.45) is 5.74. The normalized spacial score (nSPS) is 16.2. The molecular formula is C23H19F2N5O2. The second-order valence-electron chi connectivity index (χ2n) is 8.07. The fourth-order valence-corrected chi connectivity index (χ4v) is 4.34. The SMILES string of the molecule is COc1c(C#N)ccc(C2(F)CCC2)c1C(=O)N1Cc2cn(-c3cncc(F)c3)nc2C1. The molecule has 3 aromatic rings. The molecule has 3 heterocycles. The van der Waals surface area contributed by atoms with E-state index >= 15 is 4.39 Å². The third-order valence-electron chi connectivity index (χ3n) is 6.15. The Bertz CT molecular complexity index is 1250. The number of benzene rings is 1. The third kappa shape index (κ3) is 3.11. The van der Waals surface area contributed by atoms with E-state index in [-0.39, 0.29) is 35.5 Å². The topological polar surface area (TPSA) is 84.0 Å². The molecule has 0 radical (unpaired) electrons. The van der Waals surface area contributed by atoms with Crippen LogP contribution < -0.4 is 4.74 Å². The number of amides is 1. The van der Waals surface area contributed by atoms with Gasteiger partial charge in [0.15, 0.2) is 0 Å². The van der Waals surface area contributed by atoms with E-state index in [0.717, 1.165) is 18.2 Å². The Hall–Kier alpha value is -3.80. The summed E-state index contributed by atoms with van der Waals surface area (Å²) in [4.78, 5) is 18.9. The van der Waals surface area contributed by atoms with E-state index in [1.807, 2.05) is 6.07 Å². The lowest BCUT2D eigenvalue weighted by Gasteiger charge is -2.36. The lowest BCUT2D eigenvalue weighted by atomic mass is 9.74. The highest BCUT2D eigenvalue weighted by Gasteiger charge is 2.44. The van der Waals surface area contributed by atoms with E-state index in [9.17, 15) is 14.4 Å². The molecule has 1 aliphatic heterocycles. The largest absolute Gasteiger partial charge is 0.495 e. The summed E-state index contributed by atoms with van der Waals surface area (Å²) in [6.45, 7) is 0.470. The van der Waals surface area contributed by atoms with Crippen LogP contribution in [0.25, 0.3) is 5.69 Å². The van der Waals surface area contributed by atoms with Gasteiger partial charge >= 0.3 is 0 Å². The highest BCUT2D eigenvalue weighted by Crippen LogP contribution is 2.48. The average Bonchev–Trinajstić information content (AvgIpc) is 3.35. The van der Waals surface area contributed by atoms with Crippen molar-refractivity contribution in [3.8, 4) is 17.5 Å². The minimum Gasteiger partial charge on any atom is -0.495 e. The average molecular weight is 435 g/mol. The first kappa shape index (κ1) is 20.1. The number of rotatable bonds is 4. The van der Waals surface area contributed by atoms with Crippen LogP contribution in [0.2, 0.25) is 0 Å². The number of nitrogens with zero attached hydrogens (tertiary/aromatic N) is 5. The lowest BCUT2D eigenvalue weighted by molar-refractivity contribution is 0.0553. The fraction of sp³-hybridized carbons (Fsp3) is 0.304. The van der Waals surface area contributed by atoms with Crippen molar-refractivity contribution < 1.29 is 18.3 Å². The summed E-state index contributed by atoms with van der Waals surface area (Å²) in [5.41, 5.74) is 0.901. The van der Waals surface area contributed by atoms with Gasteiger partial charge in [0, 0.05) is 29.9 Å². The molecule has 32 heavy (non-hydrogen) atoms. The molecule has 1 aliphatic carbocycles. The standard InChI is InChI=1S/C23H19F2N5O2/c1-32-21-14(8-26)3-4-18(23(25)5-2-6-23)20(21)22(31)29-11-15-12-30(28-19(15)13-29)17-7-16(24)9-27-10-17/h3-4,7,9-10,12H,2,5-6,11,13H2,1H3. The zero-order chi connectivity index (χ0) is 22.5. The van der Waals surface area contributed by atoms with Crippen LogP contribution in [-0.2, 0) is 18.8 Å². The number of pyridine rings is 1. The van der Waals surface area contributed by atoms with E-state index in [0.29, 0.717) is 24.2 Å². The third-order valence-corrected chi connectivity index (χ3v) is 6.15. The Labute approximate surface area is 182 Å². The number of aromatic nitrogens is 3. The zero-order valence-electron chi connectivity index (χ0n) is 17.3. The predicted molar refractivity (Wildman–Crippen MR) is 109 cm³/mol. The van der Waals surface area contributed by atoms with Gasteiger partial charge in [0.1, 0.15) is 23.3 Å². The number of fused-ring (bicyclic) bond motifs is 1. The number of carbonyl (C=O) groups excluding carboxylic acids is 1. The molecule has 162 valence electrons. The van der Waals surface area contributed by atoms with Gasteiger partial charge in [-0.05, 0) is 25.3 Å². The Morgan fingerprint density at radius 1 is 1.28 bits per heavy atom. The van der Waals surface area contributed by atoms with Gasteiger partial charge in [-0.25, -0.2) is 13.5 Å². The number of methoxy groups -OCH3 is 1. The first-order valence-corrected chi connectivity index (χ1v) is 10.2. The minimum atomic E-state index is -1.60. The number of alkyl halides is 1. The van der Waals surface area contributed by atoms with Crippen LogP contribution in [0.1, 0.15) is 52.0 Å². The Morgan fingerprint density at radius 2 is 2.09 bits per heavy atom. The summed E-state index contributed by atoms with van der Waals surface area (Å²) in [6, 6.07) is 6.37. The summed E-state index contributed by atoms with van der Waals surface area (Å²) in [5, 5.41) is 13.9. The number of halogens is 2. The van der Waals surface area contributed by atoms with E-state index < -0.39 is 17.4 Å². The molecule has 0 saturated heterocycles. The van der Waals surface area contributed by atoms with Crippen molar-refractivity contribution in [3.05, 3.63) is 70.6 Å². The highest BCUT2D eigenvalue weighted by atomic mass is 19.1. The maximum absolute atomic E-state index is 15.4. The number of hydrogen-bond acceptors (Lipinski definition) is 5. The van der Waals surface area contributed by atoms with Crippen LogP contribution in [-0.4, -0.2) is 32.7 Å². The highest BCUT2D eigenvalue weighted by molar-refractivity contribution is 6.00. The smallest absolute Gasteiger partial charge is 0.258 e. The Balaban J connectivity index is 1.48. The van der Waals surface area contributed by atoms with Crippen molar-refractivity contribution in [2.75, 3.05) is 7.11 Å². The van der Waals surface area contributed by atoms with Crippen molar-refractivity contribution in [2.24, 2.45) is 0 Å². The fourth-order valence-electron chi connectivity index (χ4n) is 4.34. The number of nitriles is 1. The molecular weight excluding hydrogens is 416 g/mol. The van der Waals surface area contributed by atoms with Crippen molar-refractivity contribution in [3.63, 3.8) is 0 Å². The predicted octanol–water partition coefficient (Wildman–Crippen LogP) is 3.79. The van der Waals surface area contributed by atoms with Gasteiger partial charge < -0.3 is 9.64 Å². The number of ether oxygens (including phenoxy) is 1. The molecule has 0 N–H and O–H groups in total. The molecule has 1 saturated carbocycles. The van der Waals surface area contributed by atoms with Gasteiger partial charge in [0.25, 0.3) is 5.91 Å². The Morgan fingerprint density at radius 3 is 2.72 bits per heavy atom. The maximum atomic E-state index is 15.4. The molecule has 0 bridgehead atoms. The van der Waals surface area contributed by atoms with Gasteiger partial charge in [-0.2, -0.15) is 10.4 Å². The maximum Gasteiger partial charge on any atom is 0.258 e. The molecule has 9 heteroatoms. The monoisotopic (exact) mass is 435 g/mol. The van der Waals surface area contributed by atoms with Crippen molar-refractivity contribution in [1.82, 2.24) is 19.7 Å². The zero-order valence-corrected chi connectivity index (χ0v) is 17.3. The van der Waals surface area contributed by atoms with Crippen molar-refractivity contribution in [2.45, 2.75) is 38.0 Å². The van der Waals surface area contributed by atoms with Gasteiger partial charge in [0.05, 0.1) is 48.6 Å². The van der Waals surface area contributed by atoms with Gasteiger partial charge in [0.2, 0.25) is 0 Å². The lowest BCUT2D eigenvalue weighted by Crippen LogP contribution is -2.34. The quantitative estimate of drug-likeness (QED) is 0.623. The second-order valence-corrected chi connectivity index (χ2v) is 8.07. The van der Waals surface area contributed by atoms with Crippen molar-refractivity contribution >= 4 is 5.91 Å². The molecule has 0 atom stereocenters. The first-order valence-electron chi connectivity index (χ1n) is 10.2. The van der Waals surface area contributed by atoms with Crippen LogP contribution in [0.5, 0.6) is 5.75 Å². The molecule has 1 fully saturated rings. The summed E-state index contributed by atoms with van der Waals surface area (Å²) < 4.78 is 35.8. The van der Waals surface area contributed by atoms with Crippen LogP contribution in [0, 0.1) is 17.1 Å². The van der Waals surface area contributed by atoms with Gasteiger partial charge in [-0.15, -0.1) is 0 Å². The van der Waals surface area contributed by atoms with Gasteiger partial charge in [-0.3, -0.25) is 9.78 Å². The number of carbonyl (C=O) groups is 1. The minimum absolute atomic E-state index is 0.0966. The molecule has 1 aromatic carbocycles. The van der Waals surface area contributed by atoms with Crippen LogP contribution in [0.15, 0.2) is 36.8 Å². The molecule has 0 unspecified atom stereocenters. The van der Waals surface area contributed by atoms with E-state index in [4.69, 9.17) is 4.74 Å². The summed E-state index contributed by atoms with van der Waals surface area (Å²) in [5.74, 6) is -0.780. The number of hydrogen-bond donors (Lipinski definition) is 0. The van der Waals surface area contributed by atoms with E-state index in [1.54, 1.807) is 11.1 Å². The molecule has 2 aliphatic rings.